The van der Waals surface area contributed by atoms with Crippen molar-refractivity contribution in [3.8, 4) is 5.75 Å². The maximum atomic E-state index is 14.0. The number of amides is 2. The molecular formula is C29H33Cl2N3O5S. The Kier molecular flexibility index (Phi) is 10.8. The van der Waals surface area contributed by atoms with Gasteiger partial charge in [0.1, 0.15) is 18.3 Å². The third-order valence-corrected chi connectivity index (χ3v) is 9.03. The third-order valence-electron chi connectivity index (χ3n) is 6.53. The summed E-state index contributed by atoms with van der Waals surface area (Å²) in [4.78, 5) is 28.4. The predicted molar refractivity (Wildman–Crippen MR) is 158 cm³/mol. The van der Waals surface area contributed by atoms with Crippen LogP contribution in [0.5, 0.6) is 5.75 Å². The molecule has 0 saturated carbocycles. The number of carbonyl (C=O) groups is 2. The minimum absolute atomic E-state index is 0.0202. The molecule has 0 aliphatic rings. The fraction of sp³-hybridized carbons (Fsp3) is 0.310. The van der Waals surface area contributed by atoms with Crippen LogP contribution in [0.15, 0.2) is 77.7 Å². The largest absolute Gasteiger partial charge is 0.497 e. The van der Waals surface area contributed by atoms with E-state index in [4.69, 9.17) is 27.9 Å². The molecule has 0 fully saturated rings. The Balaban J connectivity index is 2.04. The van der Waals surface area contributed by atoms with Gasteiger partial charge in [0, 0.05) is 28.2 Å². The average molecular weight is 607 g/mol. The van der Waals surface area contributed by atoms with E-state index in [0.717, 1.165) is 4.31 Å². The first-order valence-corrected chi connectivity index (χ1v) is 14.9. The predicted octanol–water partition coefficient (Wildman–Crippen LogP) is 5.53. The van der Waals surface area contributed by atoms with E-state index in [0.29, 0.717) is 33.5 Å². The fourth-order valence-corrected chi connectivity index (χ4v) is 5.83. The Hall–Kier alpha value is -3.27. The minimum Gasteiger partial charge on any atom is -0.497 e. The van der Waals surface area contributed by atoms with Crippen LogP contribution in [0.25, 0.3) is 0 Å². The van der Waals surface area contributed by atoms with Crippen LogP contribution < -0.4 is 14.4 Å². The highest BCUT2D eigenvalue weighted by Crippen LogP contribution is 2.28. The normalized spacial score (nSPS) is 12.8. The molecule has 2 atom stereocenters. The molecular weight excluding hydrogens is 573 g/mol. The molecule has 0 bridgehead atoms. The Morgan fingerprint density at radius 2 is 1.52 bits per heavy atom. The van der Waals surface area contributed by atoms with Gasteiger partial charge < -0.3 is 15.0 Å². The van der Waals surface area contributed by atoms with Gasteiger partial charge in [0.15, 0.2) is 0 Å². The molecule has 0 heterocycles. The molecule has 0 aromatic heterocycles. The van der Waals surface area contributed by atoms with Crippen molar-refractivity contribution >= 4 is 50.7 Å². The molecule has 0 saturated heterocycles. The number of benzene rings is 3. The molecule has 3 rings (SSSR count). The van der Waals surface area contributed by atoms with Gasteiger partial charge in [-0.3, -0.25) is 13.9 Å². The molecule has 0 aliphatic heterocycles. The number of nitrogens with one attached hydrogen (secondary N) is 1. The average Bonchev–Trinajstić information content (AvgIpc) is 2.95. The number of halogens is 2. The molecule has 0 aliphatic carbocycles. The van der Waals surface area contributed by atoms with Crippen LogP contribution in [-0.2, 0) is 26.2 Å². The van der Waals surface area contributed by atoms with Crippen molar-refractivity contribution in [3.05, 3.63) is 88.4 Å². The smallest absolute Gasteiger partial charge is 0.264 e. The van der Waals surface area contributed by atoms with Gasteiger partial charge >= 0.3 is 0 Å². The van der Waals surface area contributed by atoms with E-state index >= 15 is 0 Å². The van der Waals surface area contributed by atoms with Crippen molar-refractivity contribution in [2.75, 3.05) is 18.0 Å². The van der Waals surface area contributed by atoms with Crippen LogP contribution in [-0.4, -0.2) is 50.9 Å². The second-order valence-corrected chi connectivity index (χ2v) is 11.9. The molecule has 3 aromatic carbocycles. The van der Waals surface area contributed by atoms with Crippen LogP contribution in [0.2, 0.25) is 10.0 Å². The number of methoxy groups -OCH3 is 1. The SMILES string of the molecule is CC[C@H](C)NC(=O)[C@@H](C)N(Cc1c(Cl)cccc1Cl)C(=O)CN(c1ccccc1)S(=O)(=O)c1ccc(OC)cc1. The van der Waals surface area contributed by atoms with Crippen molar-refractivity contribution in [2.45, 2.75) is 50.7 Å². The van der Waals surface area contributed by atoms with Crippen LogP contribution in [0.1, 0.15) is 32.8 Å². The maximum absolute atomic E-state index is 14.0. The van der Waals surface area contributed by atoms with Gasteiger partial charge in [-0.25, -0.2) is 8.42 Å². The van der Waals surface area contributed by atoms with Crippen LogP contribution in [0, 0.1) is 0 Å². The Morgan fingerprint density at radius 1 is 0.925 bits per heavy atom. The second-order valence-electron chi connectivity index (χ2n) is 9.24. The van der Waals surface area contributed by atoms with Gasteiger partial charge in [0.25, 0.3) is 10.0 Å². The summed E-state index contributed by atoms with van der Waals surface area (Å²) >= 11 is 12.8. The molecule has 2 amide bonds. The van der Waals surface area contributed by atoms with Gasteiger partial charge in [-0.15, -0.1) is 0 Å². The summed E-state index contributed by atoms with van der Waals surface area (Å²) in [5, 5.41) is 3.54. The number of para-hydroxylation sites is 1. The van der Waals surface area contributed by atoms with Crippen molar-refractivity contribution in [1.29, 1.82) is 0 Å². The van der Waals surface area contributed by atoms with Crippen LogP contribution >= 0.6 is 23.2 Å². The lowest BCUT2D eigenvalue weighted by atomic mass is 10.1. The summed E-state index contributed by atoms with van der Waals surface area (Å²) in [6.45, 7) is 4.72. The van der Waals surface area contributed by atoms with Gasteiger partial charge in [0.2, 0.25) is 11.8 Å². The summed E-state index contributed by atoms with van der Waals surface area (Å²) < 4.78 is 33.9. The van der Waals surface area contributed by atoms with Crippen molar-refractivity contribution in [3.63, 3.8) is 0 Å². The second kappa shape index (κ2) is 13.9. The number of ether oxygens (including phenoxy) is 1. The summed E-state index contributed by atoms with van der Waals surface area (Å²) in [5.74, 6) is -0.496. The molecule has 0 unspecified atom stereocenters. The van der Waals surface area contributed by atoms with Gasteiger partial charge in [0.05, 0.1) is 17.7 Å². The first-order valence-electron chi connectivity index (χ1n) is 12.7. The highest BCUT2D eigenvalue weighted by Gasteiger charge is 2.33. The van der Waals surface area contributed by atoms with E-state index in [1.54, 1.807) is 55.5 Å². The first-order chi connectivity index (χ1) is 19.0. The lowest BCUT2D eigenvalue weighted by molar-refractivity contribution is -0.139. The Bertz CT molecular complexity index is 1400. The first kappa shape index (κ1) is 31.3. The minimum atomic E-state index is -4.19. The number of anilines is 1. The monoisotopic (exact) mass is 605 g/mol. The zero-order valence-corrected chi connectivity index (χ0v) is 25.1. The van der Waals surface area contributed by atoms with E-state index in [1.807, 2.05) is 13.8 Å². The summed E-state index contributed by atoms with van der Waals surface area (Å²) in [6, 6.07) is 18.1. The molecule has 214 valence electrons. The zero-order chi connectivity index (χ0) is 29.4. The highest BCUT2D eigenvalue weighted by atomic mass is 35.5. The van der Waals surface area contributed by atoms with E-state index in [9.17, 15) is 18.0 Å². The number of nitrogens with zero attached hydrogens (tertiary/aromatic N) is 2. The summed E-state index contributed by atoms with van der Waals surface area (Å²) in [7, 11) is -2.71. The van der Waals surface area contributed by atoms with Crippen molar-refractivity contribution < 1.29 is 22.7 Å². The summed E-state index contributed by atoms with van der Waals surface area (Å²) in [6.07, 6.45) is 0.699. The van der Waals surface area contributed by atoms with E-state index in [2.05, 4.69) is 5.32 Å². The summed E-state index contributed by atoms with van der Waals surface area (Å²) in [5.41, 5.74) is 0.741. The zero-order valence-electron chi connectivity index (χ0n) is 22.8. The van der Waals surface area contributed by atoms with Crippen molar-refractivity contribution in [1.82, 2.24) is 10.2 Å². The molecule has 1 N–H and O–H groups in total. The lowest BCUT2D eigenvalue weighted by Gasteiger charge is -2.32. The number of hydrogen-bond donors (Lipinski definition) is 1. The molecule has 40 heavy (non-hydrogen) atoms. The molecule has 8 nitrogen and oxygen atoms in total. The Morgan fingerprint density at radius 3 is 2.08 bits per heavy atom. The van der Waals surface area contributed by atoms with E-state index < -0.39 is 28.5 Å². The standard InChI is InChI=1S/C29H33Cl2N3O5S/c1-5-20(2)32-29(36)21(3)33(18-25-26(30)12-9-13-27(25)31)28(35)19-34(22-10-7-6-8-11-22)40(37,38)24-16-14-23(39-4)15-17-24/h6-17,20-21H,5,18-19H2,1-4H3,(H,32,36)/t20-,21+/m0/s1. The fourth-order valence-electron chi connectivity index (χ4n) is 3.90. The Labute approximate surface area is 245 Å². The lowest BCUT2D eigenvalue weighted by Crippen LogP contribution is -2.52. The third kappa shape index (κ3) is 7.47. The molecule has 3 aromatic rings. The molecule has 11 heteroatoms. The van der Waals surface area contributed by atoms with E-state index in [1.165, 1.54) is 36.3 Å². The number of hydrogen-bond acceptors (Lipinski definition) is 5. The van der Waals surface area contributed by atoms with Crippen molar-refractivity contribution in [2.24, 2.45) is 0 Å². The van der Waals surface area contributed by atoms with Gasteiger partial charge in [-0.1, -0.05) is 54.4 Å². The topological polar surface area (TPSA) is 96.0 Å². The van der Waals surface area contributed by atoms with Gasteiger partial charge in [-0.2, -0.15) is 0 Å². The van der Waals surface area contributed by atoms with Gasteiger partial charge in [-0.05, 0) is 68.8 Å². The maximum Gasteiger partial charge on any atom is 0.264 e. The highest BCUT2D eigenvalue weighted by molar-refractivity contribution is 7.92. The molecule has 0 radical (unpaired) electrons. The quantitative estimate of drug-likeness (QED) is 0.293. The van der Waals surface area contributed by atoms with Crippen LogP contribution in [0.4, 0.5) is 5.69 Å². The van der Waals surface area contributed by atoms with Crippen LogP contribution in [0.3, 0.4) is 0 Å². The molecule has 0 spiro atoms. The number of rotatable bonds is 12. The number of carbonyl (C=O) groups excluding carboxylic acids is 2. The number of sulfonamides is 1. The van der Waals surface area contributed by atoms with E-state index in [-0.39, 0.29) is 23.4 Å².